The van der Waals surface area contributed by atoms with E-state index in [1.54, 1.807) is 0 Å². The van der Waals surface area contributed by atoms with Gasteiger partial charge in [-0.3, -0.25) is 4.90 Å². The van der Waals surface area contributed by atoms with Crippen LogP contribution in [0.4, 0.5) is 0 Å². The molecule has 1 atom stereocenters. The molecule has 0 bridgehead atoms. The van der Waals surface area contributed by atoms with Crippen LogP contribution in [0.5, 0.6) is 5.75 Å². The molecular weight excluding hydrogens is 282 g/mol. The molecule has 3 rings (SSSR count). The van der Waals surface area contributed by atoms with E-state index in [-0.39, 0.29) is 0 Å². The summed E-state index contributed by atoms with van der Waals surface area (Å²) in [4.78, 5) is 2.59. The van der Waals surface area contributed by atoms with Gasteiger partial charge in [-0.25, -0.2) is 0 Å². The summed E-state index contributed by atoms with van der Waals surface area (Å²) in [5.41, 5.74) is 1.42. The molecule has 0 aromatic heterocycles. The molecule has 1 unspecified atom stereocenters. The first-order chi connectivity index (χ1) is 11.3. The highest BCUT2D eigenvalue weighted by molar-refractivity contribution is 5.33. The Kier molecular flexibility index (Phi) is 6.38. The fourth-order valence-electron chi connectivity index (χ4n) is 4.19. The van der Waals surface area contributed by atoms with Gasteiger partial charge in [0.25, 0.3) is 0 Å². The highest BCUT2D eigenvalue weighted by Crippen LogP contribution is 2.30. The van der Waals surface area contributed by atoms with Crippen LogP contribution < -0.4 is 4.74 Å². The first-order valence-electron chi connectivity index (χ1n) is 9.77. The van der Waals surface area contributed by atoms with Crippen molar-refractivity contribution in [2.45, 2.75) is 70.8 Å². The Morgan fingerprint density at radius 3 is 2.48 bits per heavy atom. The lowest BCUT2D eigenvalue weighted by Crippen LogP contribution is -2.40. The van der Waals surface area contributed by atoms with Crippen molar-refractivity contribution in [3.05, 3.63) is 29.8 Å². The van der Waals surface area contributed by atoms with E-state index in [9.17, 15) is 0 Å². The molecular formula is C21H33NO. The van der Waals surface area contributed by atoms with E-state index in [1.165, 1.54) is 76.4 Å². The Morgan fingerprint density at radius 2 is 1.70 bits per heavy atom. The van der Waals surface area contributed by atoms with Crippen LogP contribution >= 0.6 is 0 Å². The van der Waals surface area contributed by atoms with Gasteiger partial charge in [0.2, 0.25) is 0 Å². The van der Waals surface area contributed by atoms with Gasteiger partial charge >= 0.3 is 0 Å². The van der Waals surface area contributed by atoms with Crippen molar-refractivity contribution in [2.75, 3.05) is 19.7 Å². The zero-order valence-electron chi connectivity index (χ0n) is 14.8. The number of likely N-dealkylation sites (tertiary alicyclic amines) is 1. The van der Waals surface area contributed by atoms with E-state index in [2.05, 4.69) is 36.1 Å². The summed E-state index contributed by atoms with van der Waals surface area (Å²) in [5, 5.41) is 0. The van der Waals surface area contributed by atoms with Crippen LogP contribution in [-0.2, 0) is 6.42 Å². The third-order valence-corrected chi connectivity index (χ3v) is 5.70. The van der Waals surface area contributed by atoms with E-state index in [0.29, 0.717) is 6.04 Å². The molecule has 0 N–H and O–H groups in total. The van der Waals surface area contributed by atoms with E-state index in [1.807, 2.05) is 0 Å². The minimum Gasteiger partial charge on any atom is -0.492 e. The summed E-state index contributed by atoms with van der Waals surface area (Å²) in [6.45, 7) is 5.62. The van der Waals surface area contributed by atoms with Crippen molar-refractivity contribution in [2.24, 2.45) is 5.92 Å². The summed E-state index contributed by atoms with van der Waals surface area (Å²) in [6.07, 6.45) is 12.4. The van der Waals surface area contributed by atoms with E-state index < -0.39 is 0 Å². The molecule has 1 heterocycles. The van der Waals surface area contributed by atoms with Gasteiger partial charge in [0, 0.05) is 6.04 Å². The number of para-hydroxylation sites is 1. The van der Waals surface area contributed by atoms with Crippen LogP contribution in [0.1, 0.15) is 63.9 Å². The van der Waals surface area contributed by atoms with E-state index >= 15 is 0 Å². The van der Waals surface area contributed by atoms with Gasteiger partial charge in [-0.05, 0) is 56.8 Å². The summed E-state index contributed by atoms with van der Waals surface area (Å²) < 4.78 is 6.25. The number of hydrogen-bond acceptors (Lipinski definition) is 2. The predicted octanol–water partition coefficient (Wildman–Crippen LogP) is 5.06. The number of piperidine rings is 1. The summed E-state index contributed by atoms with van der Waals surface area (Å²) in [5.74, 6) is 2.00. The molecule has 1 saturated carbocycles. The lowest BCUT2D eigenvalue weighted by Gasteiger charge is -2.32. The molecule has 2 aliphatic rings. The zero-order valence-corrected chi connectivity index (χ0v) is 14.8. The van der Waals surface area contributed by atoms with Crippen LogP contribution in [0.25, 0.3) is 0 Å². The van der Waals surface area contributed by atoms with Gasteiger partial charge in [-0.2, -0.15) is 0 Å². The summed E-state index contributed by atoms with van der Waals surface area (Å²) >= 11 is 0. The molecule has 0 radical (unpaired) electrons. The minimum atomic E-state index is 0.526. The molecule has 128 valence electrons. The average Bonchev–Trinajstić information content (AvgIpc) is 2.62. The molecule has 2 fully saturated rings. The van der Waals surface area contributed by atoms with Crippen molar-refractivity contribution in [1.82, 2.24) is 4.90 Å². The minimum absolute atomic E-state index is 0.526. The van der Waals surface area contributed by atoms with Gasteiger partial charge in [-0.15, -0.1) is 0 Å². The van der Waals surface area contributed by atoms with Crippen LogP contribution in [0, 0.1) is 5.92 Å². The van der Waals surface area contributed by atoms with Gasteiger partial charge in [0.15, 0.2) is 0 Å². The Hall–Kier alpha value is -1.02. The maximum Gasteiger partial charge on any atom is 0.122 e. The quantitative estimate of drug-likeness (QED) is 0.727. The Balaban J connectivity index is 1.54. The molecule has 1 aliphatic heterocycles. The Labute approximate surface area is 142 Å². The molecule has 2 nitrogen and oxygen atoms in total. The van der Waals surface area contributed by atoms with Gasteiger partial charge in [0.1, 0.15) is 12.4 Å². The molecule has 2 heteroatoms. The molecule has 1 aromatic carbocycles. The second-order valence-corrected chi connectivity index (χ2v) is 7.57. The predicted molar refractivity (Wildman–Crippen MR) is 97.1 cm³/mol. The first-order valence-corrected chi connectivity index (χ1v) is 9.77. The lowest BCUT2D eigenvalue weighted by atomic mass is 9.85. The number of rotatable bonds is 6. The van der Waals surface area contributed by atoms with Crippen molar-refractivity contribution in [1.29, 1.82) is 0 Å². The SMILES string of the molecule is CC(COc1ccccc1CC1CCCCC1)N1CCCCC1. The molecule has 23 heavy (non-hydrogen) atoms. The Morgan fingerprint density at radius 1 is 1.00 bits per heavy atom. The van der Waals surface area contributed by atoms with Crippen molar-refractivity contribution < 1.29 is 4.74 Å². The molecule has 0 spiro atoms. The largest absolute Gasteiger partial charge is 0.492 e. The van der Waals surface area contributed by atoms with E-state index in [0.717, 1.165) is 18.3 Å². The van der Waals surface area contributed by atoms with Crippen molar-refractivity contribution in [3.63, 3.8) is 0 Å². The maximum atomic E-state index is 6.25. The zero-order chi connectivity index (χ0) is 15.9. The monoisotopic (exact) mass is 315 g/mol. The standard InChI is InChI=1S/C21H33NO/c1-18(22-14-8-3-9-15-22)17-23-21-13-7-6-12-20(21)16-19-10-4-2-5-11-19/h6-7,12-13,18-19H,2-5,8-11,14-17H2,1H3. The van der Waals surface area contributed by atoms with Crippen LogP contribution in [-0.4, -0.2) is 30.6 Å². The third-order valence-electron chi connectivity index (χ3n) is 5.70. The Bertz CT molecular complexity index is 461. The van der Waals surface area contributed by atoms with Crippen LogP contribution in [0.3, 0.4) is 0 Å². The normalized spacial score (nSPS) is 22.0. The highest BCUT2D eigenvalue weighted by atomic mass is 16.5. The number of benzene rings is 1. The van der Waals surface area contributed by atoms with Gasteiger partial charge < -0.3 is 4.74 Å². The number of hydrogen-bond donors (Lipinski definition) is 0. The van der Waals surface area contributed by atoms with Gasteiger partial charge in [-0.1, -0.05) is 56.7 Å². The first kappa shape index (κ1) is 16.8. The summed E-state index contributed by atoms with van der Waals surface area (Å²) in [7, 11) is 0. The number of nitrogens with zero attached hydrogens (tertiary/aromatic N) is 1. The van der Waals surface area contributed by atoms with E-state index in [4.69, 9.17) is 4.74 Å². The molecule has 1 aromatic rings. The average molecular weight is 316 g/mol. The highest BCUT2D eigenvalue weighted by Gasteiger charge is 2.19. The van der Waals surface area contributed by atoms with Crippen LogP contribution in [0.2, 0.25) is 0 Å². The van der Waals surface area contributed by atoms with Crippen molar-refractivity contribution in [3.8, 4) is 5.75 Å². The second-order valence-electron chi connectivity index (χ2n) is 7.57. The molecule has 1 saturated heterocycles. The van der Waals surface area contributed by atoms with Crippen LogP contribution in [0.15, 0.2) is 24.3 Å². The fraction of sp³-hybridized carbons (Fsp3) is 0.714. The molecule has 0 amide bonds. The fourth-order valence-corrected chi connectivity index (χ4v) is 4.19. The van der Waals surface area contributed by atoms with Crippen molar-refractivity contribution >= 4 is 0 Å². The topological polar surface area (TPSA) is 12.5 Å². The summed E-state index contributed by atoms with van der Waals surface area (Å²) in [6, 6.07) is 9.25. The second kappa shape index (κ2) is 8.73. The third kappa shape index (κ3) is 4.97. The smallest absolute Gasteiger partial charge is 0.122 e. The maximum absolute atomic E-state index is 6.25. The molecule has 1 aliphatic carbocycles. The number of ether oxygens (including phenoxy) is 1. The lowest BCUT2D eigenvalue weighted by molar-refractivity contribution is 0.124. The van der Waals surface area contributed by atoms with Gasteiger partial charge in [0.05, 0.1) is 0 Å².